The maximum absolute atomic E-state index is 5.85. The topological polar surface area (TPSA) is 56.3 Å². The van der Waals surface area contributed by atoms with E-state index in [1.165, 1.54) is 0 Å². The SMILES string of the molecule is CN(CC1CCCO1)c1nn(C)cc1N. The van der Waals surface area contributed by atoms with Crippen LogP contribution in [0, 0.1) is 0 Å². The normalized spacial score (nSPS) is 20.8. The molecule has 15 heavy (non-hydrogen) atoms. The van der Waals surface area contributed by atoms with Crippen molar-refractivity contribution in [1.29, 1.82) is 0 Å². The fourth-order valence-electron chi connectivity index (χ4n) is 1.97. The van der Waals surface area contributed by atoms with Crippen molar-refractivity contribution >= 4 is 11.5 Å². The van der Waals surface area contributed by atoms with Crippen molar-refractivity contribution in [2.45, 2.75) is 18.9 Å². The standard InChI is InChI=1S/C10H18N4O/c1-13(6-8-4-3-5-15-8)10-9(11)7-14(2)12-10/h7-8H,3-6,11H2,1-2H3. The monoisotopic (exact) mass is 210 g/mol. The van der Waals surface area contributed by atoms with E-state index in [2.05, 4.69) is 10.00 Å². The fourth-order valence-corrected chi connectivity index (χ4v) is 1.97. The second kappa shape index (κ2) is 4.10. The molecule has 2 rings (SSSR count). The number of aromatic nitrogens is 2. The number of likely N-dealkylation sites (N-methyl/N-ethyl adjacent to an activating group) is 1. The quantitative estimate of drug-likeness (QED) is 0.794. The molecule has 0 amide bonds. The van der Waals surface area contributed by atoms with Crippen LogP contribution in [-0.4, -0.2) is 36.1 Å². The predicted octanol–water partition coefficient (Wildman–Crippen LogP) is 0.617. The molecule has 0 saturated carbocycles. The second-order valence-corrected chi connectivity index (χ2v) is 4.10. The minimum absolute atomic E-state index is 0.330. The van der Waals surface area contributed by atoms with Gasteiger partial charge in [-0.05, 0) is 12.8 Å². The van der Waals surface area contributed by atoms with Crippen LogP contribution in [-0.2, 0) is 11.8 Å². The van der Waals surface area contributed by atoms with Gasteiger partial charge in [-0.3, -0.25) is 4.68 Å². The van der Waals surface area contributed by atoms with E-state index in [9.17, 15) is 0 Å². The highest BCUT2D eigenvalue weighted by atomic mass is 16.5. The zero-order valence-corrected chi connectivity index (χ0v) is 9.31. The maximum atomic E-state index is 5.85. The Labute approximate surface area is 89.8 Å². The van der Waals surface area contributed by atoms with E-state index in [1.807, 2.05) is 20.3 Å². The van der Waals surface area contributed by atoms with Crippen LogP contribution in [0.3, 0.4) is 0 Å². The molecule has 1 fully saturated rings. The minimum atomic E-state index is 0.330. The Morgan fingerprint density at radius 2 is 2.53 bits per heavy atom. The van der Waals surface area contributed by atoms with E-state index in [-0.39, 0.29) is 0 Å². The van der Waals surface area contributed by atoms with E-state index >= 15 is 0 Å². The first-order valence-electron chi connectivity index (χ1n) is 5.28. The summed E-state index contributed by atoms with van der Waals surface area (Å²) in [6.07, 6.45) is 4.45. The largest absolute Gasteiger partial charge is 0.394 e. The molecule has 2 N–H and O–H groups in total. The van der Waals surface area contributed by atoms with E-state index in [4.69, 9.17) is 10.5 Å². The number of nitrogens with two attached hydrogens (primary N) is 1. The van der Waals surface area contributed by atoms with Gasteiger partial charge in [-0.1, -0.05) is 0 Å². The summed E-state index contributed by atoms with van der Waals surface area (Å²) in [6.45, 7) is 1.75. The second-order valence-electron chi connectivity index (χ2n) is 4.10. The molecule has 0 spiro atoms. The van der Waals surface area contributed by atoms with Crippen LogP contribution in [0.5, 0.6) is 0 Å². The van der Waals surface area contributed by atoms with Gasteiger partial charge in [0.15, 0.2) is 5.82 Å². The van der Waals surface area contributed by atoms with Crippen LogP contribution < -0.4 is 10.6 Å². The molecule has 2 heterocycles. The molecule has 0 aromatic carbocycles. The lowest BCUT2D eigenvalue weighted by molar-refractivity contribution is 0.116. The van der Waals surface area contributed by atoms with Crippen molar-refractivity contribution in [3.8, 4) is 0 Å². The van der Waals surface area contributed by atoms with Crippen LogP contribution >= 0.6 is 0 Å². The number of anilines is 2. The lowest BCUT2D eigenvalue weighted by Gasteiger charge is -2.20. The molecule has 5 nitrogen and oxygen atoms in total. The minimum Gasteiger partial charge on any atom is -0.394 e. The molecule has 5 heteroatoms. The number of rotatable bonds is 3. The molecule has 0 aliphatic carbocycles. The van der Waals surface area contributed by atoms with Crippen LogP contribution in [0.25, 0.3) is 0 Å². The summed E-state index contributed by atoms with van der Waals surface area (Å²) in [6, 6.07) is 0. The summed E-state index contributed by atoms with van der Waals surface area (Å²) in [5.74, 6) is 0.841. The van der Waals surface area contributed by atoms with E-state index in [0.29, 0.717) is 6.10 Å². The van der Waals surface area contributed by atoms with Gasteiger partial charge in [0.2, 0.25) is 0 Å². The Balaban J connectivity index is 2.00. The Morgan fingerprint density at radius 3 is 3.07 bits per heavy atom. The zero-order chi connectivity index (χ0) is 10.8. The van der Waals surface area contributed by atoms with Gasteiger partial charge in [0.05, 0.1) is 11.8 Å². The average molecular weight is 210 g/mol. The van der Waals surface area contributed by atoms with Crippen LogP contribution in [0.4, 0.5) is 11.5 Å². The first-order chi connectivity index (χ1) is 7.16. The summed E-state index contributed by atoms with van der Waals surface area (Å²) in [7, 11) is 3.88. The third kappa shape index (κ3) is 2.23. The molecular formula is C10H18N4O. The molecule has 1 aromatic rings. The van der Waals surface area contributed by atoms with E-state index in [0.717, 1.165) is 37.5 Å². The van der Waals surface area contributed by atoms with Gasteiger partial charge in [-0.2, -0.15) is 5.10 Å². The number of aryl methyl sites for hydroxylation is 1. The Hall–Kier alpha value is -1.23. The lowest BCUT2D eigenvalue weighted by Crippen LogP contribution is -2.29. The van der Waals surface area contributed by atoms with Crippen LogP contribution in [0.2, 0.25) is 0 Å². The highest BCUT2D eigenvalue weighted by Crippen LogP contribution is 2.21. The Morgan fingerprint density at radius 1 is 1.73 bits per heavy atom. The van der Waals surface area contributed by atoms with Gasteiger partial charge in [-0.15, -0.1) is 0 Å². The van der Waals surface area contributed by atoms with Gasteiger partial charge in [0.1, 0.15) is 0 Å². The average Bonchev–Trinajstić information content (AvgIpc) is 2.75. The van der Waals surface area contributed by atoms with Crippen LogP contribution in [0.15, 0.2) is 6.20 Å². The Bertz CT molecular complexity index is 330. The number of hydrogen-bond donors (Lipinski definition) is 1. The van der Waals surface area contributed by atoms with E-state index in [1.54, 1.807) is 4.68 Å². The molecule has 1 aliphatic heterocycles. The van der Waals surface area contributed by atoms with Crippen molar-refractivity contribution in [3.05, 3.63) is 6.20 Å². The number of nitrogen functional groups attached to an aromatic ring is 1. The molecule has 1 unspecified atom stereocenters. The van der Waals surface area contributed by atoms with Crippen molar-refractivity contribution in [3.63, 3.8) is 0 Å². The molecule has 1 aromatic heterocycles. The van der Waals surface area contributed by atoms with Gasteiger partial charge in [-0.25, -0.2) is 0 Å². The molecule has 1 saturated heterocycles. The van der Waals surface area contributed by atoms with Crippen molar-refractivity contribution < 1.29 is 4.74 Å². The highest BCUT2D eigenvalue weighted by molar-refractivity contribution is 5.61. The summed E-state index contributed by atoms with van der Waals surface area (Å²) < 4.78 is 7.31. The van der Waals surface area contributed by atoms with Gasteiger partial charge in [0.25, 0.3) is 0 Å². The van der Waals surface area contributed by atoms with Crippen molar-refractivity contribution in [2.75, 3.05) is 30.8 Å². The van der Waals surface area contributed by atoms with Crippen molar-refractivity contribution in [2.24, 2.45) is 7.05 Å². The maximum Gasteiger partial charge on any atom is 0.173 e. The zero-order valence-electron chi connectivity index (χ0n) is 9.31. The highest BCUT2D eigenvalue weighted by Gasteiger charge is 2.19. The first kappa shape index (κ1) is 10.3. The molecule has 0 radical (unpaired) electrons. The van der Waals surface area contributed by atoms with Gasteiger partial charge >= 0.3 is 0 Å². The number of ether oxygens (including phenoxy) is 1. The van der Waals surface area contributed by atoms with Gasteiger partial charge < -0.3 is 15.4 Å². The molecule has 1 aliphatic rings. The molecule has 1 atom stereocenters. The molecule has 0 bridgehead atoms. The predicted molar refractivity (Wildman–Crippen MR) is 59.9 cm³/mol. The lowest BCUT2D eigenvalue weighted by atomic mass is 10.2. The summed E-state index contributed by atoms with van der Waals surface area (Å²) >= 11 is 0. The first-order valence-corrected chi connectivity index (χ1v) is 5.28. The summed E-state index contributed by atoms with van der Waals surface area (Å²) in [4.78, 5) is 2.06. The van der Waals surface area contributed by atoms with E-state index < -0.39 is 0 Å². The Kier molecular flexibility index (Phi) is 2.81. The third-order valence-electron chi connectivity index (χ3n) is 2.70. The smallest absolute Gasteiger partial charge is 0.173 e. The number of hydrogen-bond acceptors (Lipinski definition) is 4. The van der Waals surface area contributed by atoms with Crippen molar-refractivity contribution in [1.82, 2.24) is 9.78 Å². The number of nitrogens with zero attached hydrogens (tertiary/aromatic N) is 3. The van der Waals surface area contributed by atoms with Crippen LogP contribution in [0.1, 0.15) is 12.8 Å². The fraction of sp³-hybridized carbons (Fsp3) is 0.700. The molecular weight excluding hydrogens is 192 g/mol. The summed E-state index contributed by atoms with van der Waals surface area (Å²) in [5.41, 5.74) is 6.57. The van der Waals surface area contributed by atoms with Gasteiger partial charge in [0, 0.05) is 33.4 Å². The summed E-state index contributed by atoms with van der Waals surface area (Å²) in [5, 5.41) is 4.31. The molecule has 84 valence electrons. The third-order valence-corrected chi connectivity index (χ3v) is 2.70.